The van der Waals surface area contributed by atoms with E-state index in [2.05, 4.69) is 4.90 Å². The monoisotopic (exact) mass is 318 g/mol. The lowest BCUT2D eigenvalue weighted by atomic mass is 10.1. The van der Waals surface area contributed by atoms with Crippen molar-refractivity contribution in [3.05, 3.63) is 29.8 Å². The topological polar surface area (TPSA) is 69.9 Å². The van der Waals surface area contributed by atoms with Gasteiger partial charge in [0.25, 0.3) is 5.91 Å². The number of rotatable bonds is 5. The van der Waals surface area contributed by atoms with Crippen molar-refractivity contribution in [3.63, 3.8) is 0 Å². The third kappa shape index (κ3) is 4.22. The number of amides is 2. The van der Waals surface area contributed by atoms with E-state index in [1.54, 1.807) is 12.1 Å². The molecule has 2 N–H and O–H groups in total. The first-order chi connectivity index (χ1) is 11.1. The Labute approximate surface area is 137 Å². The summed E-state index contributed by atoms with van der Waals surface area (Å²) in [6.45, 7) is 8.55. The largest absolute Gasteiger partial charge is 0.398 e. The van der Waals surface area contributed by atoms with Crippen LogP contribution in [0, 0.1) is 0 Å². The minimum absolute atomic E-state index is 0.0298. The van der Waals surface area contributed by atoms with Gasteiger partial charge in [0.1, 0.15) is 0 Å². The zero-order valence-electron chi connectivity index (χ0n) is 14.0. The predicted molar refractivity (Wildman–Crippen MR) is 91.1 cm³/mol. The third-order valence-electron chi connectivity index (χ3n) is 4.33. The maximum atomic E-state index is 12.5. The minimum atomic E-state index is -0.0298. The van der Waals surface area contributed by atoms with Crippen LogP contribution in [0.5, 0.6) is 0 Å². The summed E-state index contributed by atoms with van der Waals surface area (Å²) >= 11 is 0. The fraction of sp³-hybridized carbons (Fsp3) is 0.529. The molecule has 0 saturated carbocycles. The molecule has 1 fully saturated rings. The van der Waals surface area contributed by atoms with E-state index in [-0.39, 0.29) is 11.8 Å². The van der Waals surface area contributed by atoms with Gasteiger partial charge in [-0.05, 0) is 26.0 Å². The summed E-state index contributed by atoms with van der Waals surface area (Å²) in [5.74, 6) is 0.125. The second-order valence-electron chi connectivity index (χ2n) is 5.72. The number of nitrogens with two attached hydrogens (primary N) is 1. The number of anilines is 1. The Morgan fingerprint density at radius 2 is 1.70 bits per heavy atom. The van der Waals surface area contributed by atoms with Crippen LogP contribution in [0.25, 0.3) is 0 Å². The number of piperazine rings is 1. The smallest absolute Gasteiger partial charge is 0.256 e. The molecule has 6 heteroatoms. The lowest BCUT2D eigenvalue weighted by Crippen LogP contribution is -2.51. The van der Waals surface area contributed by atoms with E-state index in [1.165, 1.54) is 0 Å². The van der Waals surface area contributed by atoms with Crippen molar-refractivity contribution < 1.29 is 9.59 Å². The van der Waals surface area contributed by atoms with Crippen LogP contribution in [-0.4, -0.2) is 72.3 Å². The number of likely N-dealkylation sites (N-methyl/N-ethyl adjacent to an activating group) is 1. The summed E-state index contributed by atoms with van der Waals surface area (Å²) in [4.78, 5) is 30.4. The fourth-order valence-corrected chi connectivity index (χ4v) is 2.84. The molecule has 0 unspecified atom stereocenters. The number of hydrogen-bond acceptors (Lipinski definition) is 4. The highest BCUT2D eigenvalue weighted by atomic mass is 16.2. The molecule has 1 aromatic carbocycles. The molecule has 0 aromatic heterocycles. The van der Waals surface area contributed by atoms with E-state index in [9.17, 15) is 9.59 Å². The molecule has 1 saturated heterocycles. The molecule has 0 atom stereocenters. The Kier molecular flexibility index (Phi) is 5.98. The van der Waals surface area contributed by atoms with Gasteiger partial charge in [0.15, 0.2) is 0 Å². The molecule has 0 bridgehead atoms. The van der Waals surface area contributed by atoms with E-state index in [4.69, 9.17) is 5.73 Å². The van der Waals surface area contributed by atoms with E-state index >= 15 is 0 Å². The van der Waals surface area contributed by atoms with Crippen molar-refractivity contribution in [2.45, 2.75) is 13.8 Å². The van der Waals surface area contributed by atoms with Gasteiger partial charge in [-0.1, -0.05) is 12.1 Å². The summed E-state index contributed by atoms with van der Waals surface area (Å²) in [6.07, 6.45) is 0. The first-order valence-corrected chi connectivity index (χ1v) is 8.20. The fourth-order valence-electron chi connectivity index (χ4n) is 2.84. The van der Waals surface area contributed by atoms with E-state index in [1.807, 2.05) is 35.8 Å². The zero-order chi connectivity index (χ0) is 16.8. The maximum Gasteiger partial charge on any atom is 0.256 e. The number of carbonyl (C=O) groups excluding carboxylic acids is 2. The quantitative estimate of drug-likeness (QED) is 0.819. The molecular weight excluding hydrogens is 292 g/mol. The van der Waals surface area contributed by atoms with Crippen LogP contribution in [0.15, 0.2) is 24.3 Å². The average Bonchev–Trinajstić information content (AvgIpc) is 2.56. The Morgan fingerprint density at radius 3 is 2.26 bits per heavy atom. The molecular formula is C17H26N4O2. The molecule has 1 heterocycles. The second kappa shape index (κ2) is 7.97. The molecule has 0 spiro atoms. The van der Waals surface area contributed by atoms with Crippen LogP contribution in [0.4, 0.5) is 5.69 Å². The van der Waals surface area contributed by atoms with E-state index in [0.29, 0.717) is 44.0 Å². The molecule has 1 aromatic rings. The van der Waals surface area contributed by atoms with Gasteiger partial charge in [-0.15, -0.1) is 0 Å². The van der Waals surface area contributed by atoms with Gasteiger partial charge in [0, 0.05) is 45.0 Å². The molecule has 2 amide bonds. The SMILES string of the molecule is CCN(CC)C(=O)CN1CCN(C(=O)c2ccccc2N)CC1. The van der Waals surface area contributed by atoms with Crippen molar-refractivity contribution in [1.29, 1.82) is 0 Å². The summed E-state index contributed by atoms with van der Waals surface area (Å²) in [5, 5.41) is 0. The number of para-hydroxylation sites is 1. The van der Waals surface area contributed by atoms with Gasteiger partial charge < -0.3 is 15.5 Å². The van der Waals surface area contributed by atoms with Gasteiger partial charge in [0.2, 0.25) is 5.91 Å². The first-order valence-electron chi connectivity index (χ1n) is 8.20. The molecule has 6 nitrogen and oxygen atoms in total. The zero-order valence-corrected chi connectivity index (χ0v) is 14.0. The Hall–Kier alpha value is -2.08. The molecule has 2 rings (SSSR count). The number of nitrogens with zero attached hydrogens (tertiary/aromatic N) is 3. The normalized spacial score (nSPS) is 15.5. The molecule has 1 aliphatic rings. The van der Waals surface area contributed by atoms with Crippen molar-refractivity contribution in [1.82, 2.24) is 14.7 Å². The van der Waals surface area contributed by atoms with Crippen LogP contribution in [0.1, 0.15) is 24.2 Å². The summed E-state index contributed by atoms with van der Waals surface area (Å²) in [6, 6.07) is 7.14. The van der Waals surface area contributed by atoms with Crippen molar-refractivity contribution in [2.75, 3.05) is 51.5 Å². The standard InChI is InChI=1S/C17H26N4O2/c1-3-20(4-2)16(22)13-19-9-11-21(12-10-19)17(23)14-7-5-6-8-15(14)18/h5-8H,3-4,9-13,18H2,1-2H3. The Morgan fingerprint density at radius 1 is 1.09 bits per heavy atom. The highest BCUT2D eigenvalue weighted by molar-refractivity contribution is 5.99. The lowest BCUT2D eigenvalue weighted by molar-refractivity contribution is -0.132. The summed E-state index contributed by atoms with van der Waals surface area (Å²) < 4.78 is 0. The molecule has 1 aliphatic heterocycles. The maximum absolute atomic E-state index is 12.5. The number of nitrogen functional groups attached to an aromatic ring is 1. The molecule has 0 aliphatic carbocycles. The van der Waals surface area contributed by atoms with Gasteiger partial charge in [-0.25, -0.2) is 0 Å². The highest BCUT2D eigenvalue weighted by Gasteiger charge is 2.25. The van der Waals surface area contributed by atoms with E-state index in [0.717, 1.165) is 13.1 Å². The van der Waals surface area contributed by atoms with Crippen LogP contribution in [-0.2, 0) is 4.79 Å². The van der Waals surface area contributed by atoms with Crippen LogP contribution < -0.4 is 5.73 Å². The van der Waals surface area contributed by atoms with Crippen LogP contribution in [0.3, 0.4) is 0 Å². The minimum Gasteiger partial charge on any atom is -0.398 e. The highest BCUT2D eigenvalue weighted by Crippen LogP contribution is 2.15. The van der Waals surface area contributed by atoms with Crippen LogP contribution in [0.2, 0.25) is 0 Å². The summed E-state index contributed by atoms with van der Waals surface area (Å²) in [7, 11) is 0. The third-order valence-corrected chi connectivity index (χ3v) is 4.33. The number of carbonyl (C=O) groups is 2. The van der Waals surface area contributed by atoms with Crippen LogP contribution >= 0.6 is 0 Å². The van der Waals surface area contributed by atoms with E-state index < -0.39 is 0 Å². The molecule has 126 valence electrons. The lowest BCUT2D eigenvalue weighted by Gasteiger charge is -2.35. The molecule has 23 heavy (non-hydrogen) atoms. The van der Waals surface area contributed by atoms with Crippen molar-refractivity contribution in [3.8, 4) is 0 Å². The Balaban J connectivity index is 1.88. The Bertz CT molecular complexity index is 549. The average molecular weight is 318 g/mol. The van der Waals surface area contributed by atoms with Crippen molar-refractivity contribution in [2.24, 2.45) is 0 Å². The second-order valence-corrected chi connectivity index (χ2v) is 5.72. The van der Waals surface area contributed by atoms with Gasteiger partial charge in [-0.2, -0.15) is 0 Å². The van der Waals surface area contributed by atoms with Gasteiger partial charge in [0.05, 0.1) is 12.1 Å². The number of benzene rings is 1. The van der Waals surface area contributed by atoms with Gasteiger partial charge in [-0.3, -0.25) is 14.5 Å². The summed E-state index contributed by atoms with van der Waals surface area (Å²) in [5.41, 5.74) is 6.94. The predicted octanol–water partition coefficient (Wildman–Crippen LogP) is 0.895. The molecule has 0 radical (unpaired) electrons. The van der Waals surface area contributed by atoms with Gasteiger partial charge >= 0.3 is 0 Å². The first kappa shape index (κ1) is 17.3. The number of hydrogen-bond donors (Lipinski definition) is 1. The van der Waals surface area contributed by atoms with Crippen molar-refractivity contribution >= 4 is 17.5 Å².